The molecule has 0 saturated heterocycles. The highest BCUT2D eigenvalue weighted by Gasteiger charge is 2.15. The standard InChI is InChI=1S/C17H22N2O4/c1-4-12(2)18-16(21)11-23-17(22)15(19-13(3)20)10-14-8-6-5-7-9-14/h5-10,12H,4,11H2,1-3H3,(H,18,21)(H,19,20)/b15-10-. The minimum atomic E-state index is -0.761. The summed E-state index contributed by atoms with van der Waals surface area (Å²) in [6.45, 7) is 4.70. The number of amides is 2. The third kappa shape index (κ3) is 7.26. The summed E-state index contributed by atoms with van der Waals surface area (Å²) in [7, 11) is 0. The highest BCUT2D eigenvalue weighted by atomic mass is 16.5. The van der Waals surface area contributed by atoms with Gasteiger partial charge in [0.05, 0.1) is 0 Å². The molecule has 0 spiro atoms. The van der Waals surface area contributed by atoms with E-state index < -0.39 is 18.5 Å². The number of carbonyl (C=O) groups is 3. The molecule has 1 aromatic rings. The number of esters is 1. The highest BCUT2D eigenvalue weighted by molar-refractivity contribution is 5.98. The van der Waals surface area contributed by atoms with Gasteiger partial charge in [-0.05, 0) is 25.0 Å². The van der Waals surface area contributed by atoms with E-state index in [4.69, 9.17) is 4.74 Å². The first-order chi connectivity index (χ1) is 10.9. The van der Waals surface area contributed by atoms with E-state index in [0.717, 1.165) is 12.0 Å². The van der Waals surface area contributed by atoms with Gasteiger partial charge in [0.25, 0.3) is 5.91 Å². The molecule has 2 amide bonds. The lowest BCUT2D eigenvalue weighted by molar-refractivity contribution is -0.145. The largest absolute Gasteiger partial charge is 0.451 e. The number of benzene rings is 1. The topological polar surface area (TPSA) is 84.5 Å². The molecule has 0 heterocycles. The number of hydrogen-bond donors (Lipinski definition) is 2. The Morgan fingerprint density at radius 2 is 1.87 bits per heavy atom. The van der Waals surface area contributed by atoms with E-state index in [2.05, 4.69) is 10.6 Å². The zero-order valence-corrected chi connectivity index (χ0v) is 13.6. The van der Waals surface area contributed by atoms with Crippen molar-refractivity contribution in [3.05, 3.63) is 41.6 Å². The van der Waals surface area contributed by atoms with Gasteiger partial charge in [-0.3, -0.25) is 9.59 Å². The van der Waals surface area contributed by atoms with Gasteiger partial charge in [0.15, 0.2) is 6.61 Å². The molecule has 6 nitrogen and oxygen atoms in total. The molecule has 0 aliphatic carbocycles. The van der Waals surface area contributed by atoms with E-state index in [1.54, 1.807) is 12.1 Å². The molecule has 23 heavy (non-hydrogen) atoms. The molecule has 0 aliphatic rings. The molecule has 0 radical (unpaired) electrons. The molecular formula is C17H22N2O4. The zero-order valence-electron chi connectivity index (χ0n) is 13.6. The maximum absolute atomic E-state index is 12.1. The van der Waals surface area contributed by atoms with Crippen LogP contribution in [0, 0.1) is 0 Å². The van der Waals surface area contributed by atoms with Crippen LogP contribution < -0.4 is 10.6 Å². The Morgan fingerprint density at radius 3 is 2.43 bits per heavy atom. The molecule has 0 bridgehead atoms. The minimum Gasteiger partial charge on any atom is -0.451 e. The average molecular weight is 318 g/mol. The number of ether oxygens (including phenoxy) is 1. The van der Waals surface area contributed by atoms with E-state index in [1.165, 1.54) is 13.0 Å². The van der Waals surface area contributed by atoms with Crippen LogP contribution in [0.1, 0.15) is 32.8 Å². The Kier molecular flexibility index (Phi) is 7.53. The maximum atomic E-state index is 12.1. The highest BCUT2D eigenvalue weighted by Crippen LogP contribution is 2.06. The van der Waals surface area contributed by atoms with Crippen LogP contribution in [0.2, 0.25) is 0 Å². The Hall–Kier alpha value is -2.63. The number of rotatable bonds is 7. The lowest BCUT2D eigenvalue weighted by Gasteiger charge is -2.12. The van der Waals surface area contributed by atoms with E-state index in [9.17, 15) is 14.4 Å². The first-order valence-electron chi connectivity index (χ1n) is 7.43. The van der Waals surface area contributed by atoms with Gasteiger partial charge in [0.2, 0.25) is 5.91 Å². The van der Waals surface area contributed by atoms with Gasteiger partial charge in [-0.2, -0.15) is 0 Å². The molecular weight excluding hydrogens is 296 g/mol. The molecule has 1 aromatic carbocycles. The van der Waals surface area contributed by atoms with Crippen LogP contribution in [-0.4, -0.2) is 30.4 Å². The summed E-state index contributed by atoms with van der Waals surface area (Å²) < 4.78 is 4.95. The molecule has 124 valence electrons. The lowest BCUT2D eigenvalue weighted by Crippen LogP contribution is -2.36. The average Bonchev–Trinajstić information content (AvgIpc) is 2.52. The second kappa shape index (κ2) is 9.40. The zero-order chi connectivity index (χ0) is 17.2. The van der Waals surface area contributed by atoms with Crippen LogP contribution in [0.5, 0.6) is 0 Å². The van der Waals surface area contributed by atoms with Crippen molar-refractivity contribution >= 4 is 23.9 Å². The van der Waals surface area contributed by atoms with Crippen molar-refractivity contribution in [2.75, 3.05) is 6.61 Å². The van der Waals surface area contributed by atoms with Crippen LogP contribution in [-0.2, 0) is 19.1 Å². The molecule has 0 aliphatic heterocycles. The molecule has 0 aromatic heterocycles. The van der Waals surface area contributed by atoms with Gasteiger partial charge in [-0.15, -0.1) is 0 Å². The van der Waals surface area contributed by atoms with E-state index >= 15 is 0 Å². The third-order valence-electron chi connectivity index (χ3n) is 3.00. The van der Waals surface area contributed by atoms with Crippen molar-refractivity contribution in [1.29, 1.82) is 0 Å². The third-order valence-corrected chi connectivity index (χ3v) is 3.00. The summed E-state index contributed by atoms with van der Waals surface area (Å²) in [5.74, 6) is -1.54. The summed E-state index contributed by atoms with van der Waals surface area (Å²) in [4.78, 5) is 34.9. The Labute approximate surface area is 135 Å². The fourth-order valence-electron chi connectivity index (χ4n) is 1.68. The number of hydrogen-bond acceptors (Lipinski definition) is 4. The lowest BCUT2D eigenvalue weighted by atomic mass is 10.2. The van der Waals surface area contributed by atoms with Crippen molar-refractivity contribution in [3.8, 4) is 0 Å². The first-order valence-corrected chi connectivity index (χ1v) is 7.43. The van der Waals surface area contributed by atoms with Crippen molar-refractivity contribution in [2.45, 2.75) is 33.2 Å². The van der Waals surface area contributed by atoms with Gasteiger partial charge < -0.3 is 15.4 Å². The first kappa shape index (κ1) is 18.4. The van der Waals surface area contributed by atoms with E-state index in [1.807, 2.05) is 32.0 Å². The van der Waals surface area contributed by atoms with Crippen LogP contribution in [0.4, 0.5) is 0 Å². The van der Waals surface area contributed by atoms with E-state index in [0.29, 0.717) is 0 Å². The van der Waals surface area contributed by atoms with E-state index in [-0.39, 0.29) is 17.6 Å². The van der Waals surface area contributed by atoms with Crippen molar-refractivity contribution in [3.63, 3.8) is 0 Å². The number of carbonyl (C=O) groups excluding carboxylic acids is 3. The molecule has 0 fully saturated rings. The van der Waals surface area contributed by atoms with Gasteiger partial charge in [0, 0.05) is 13.0 Å². The minimum absolute atomic E-state index is 0.0101. The van der Waals surface area contributed by atoms with Crippen LogP contribution >= 0.6 is 0 Å². The van der Waals surface area contributed by atoms with Gasteiger partial charge in [0.1, 0.15) is 5.70 Å². The number of nitrogens with one attached hydrogen (secondary N) is 2. The summed E-state index contributed by atoms with van der Waals surface area (Å²) in [5, 5.41) is 5.11. The predicted molar refractivity (Wildman–Crippen MR) is 87.1 cm³/mol. The Bertz CT molecular complexity index is 582. The second-order valence-corrected chi connectivity index (χ2v) is 5.10. The summed E-state index contributed by atoms with van der Waals surface area (Å²) in [5.41, 5.74) is 0.720. The van der Waals surface area contributed by atoms with Crippen molar-refractivity contribution in [2.24, 2.45) is 0 Å². The van der Waals surface area contributed by atoms with Crippen LogP contribution in [0.15, 0.2) is 36.0 Å². The fraction of sp³-hybridized carbons (Fsp3) is 0.353. The summed E-state index contributed by atoms with van der Waals surface area (Å²) >= 11 is 0. The quantitative estimate of drug-likeness (QED) is 0.591. The molecule has 0 saturated carbocycles. The molecule has 2 N–H and O–H groups in total. The molecule has 6 heteroatoms. The monoisotopic (exact) mass is 318 g/mol. The van der Waals surface area contributed by atoms with Crippen LogP contribution in [0.25, 0.3) is 6.08 Å². The maximum Gasteiger partial charge on any atom is 0.355 e. The summed E-state index contributed by atoms with van der Waals surface area (Å²) in [6, 6.07) is 9.03. The Morgan fingerprint density at radius 1 is 1.22 bits per heavy atom. The normalized spacial score (nSPS) is 12.2. The molecule has 1 rings (SSSR count). The van der Waals surface area contributed by atoms with Gasteiger partial charge in [-0.25, -0.2) is 4.79 Å². The smallest absolute Gasteiger partial charge is 0.355 e. The van der Waals surface area contributed by atoms with Gasteiger partial charge in [-0.1, -0.05) is 37.3 Å². The van der Waals surface area contributed by atoms with Crippen LogP contribution in [0.3, 0.4) is 0 Å². The van der Waals surface area contributed by atoms with Gasteiger partial charge >= 0.3 is 5.97 Å². The van der Waals surface area contributed by atoms with Crippen molar-refractivity contribution < 1.29 is 19.1 Å². The molecule has 1 atom stereocenters. The SMILES string of the molecule is CCC(C)NC(=O)COC(=O)/C(=C/c1ccccc1)NC(C)=O. The fourth-order valence-corrected chi connectivity index (χ4v) is 1.68. The molecule has 1 unspecified atom stereocenters. The van der Waals surface area contributed by atoms with Crippen molar-refractivity contribution in [1.82, 2.24) is 10.6 Å². The Balaban J connectivity index is 2.72. The predicted octanol–water partition coefficient (Wildman–Crippen LogP) is 1.62. The second-order valence-electron chi connectivity index (χ2n) is 5.10. The summed E-state index contributed by atoms with van der Waals surface area (Å²) in [6.07, 6.45) is 2.28.